The van der Waals surface area contributed by atoms with Gasteiger partial charge in [-0.15, -0.1) is 0 Å². The Balaban J connectivity index is 0.00000150. The maximum absolute atomic E-state index is 2.55. The van der Waals surface area contributed by atoms with E-state index in [0.29, 0.717) is 11.8 Å². The molecule has 0 saturated carbocycles. The Labute approximate surface area is 196 Å². The first-order valence-electron chi connectivity index (χ1n) is 10.2. The van der Waals surface area contributed by atoms with E-state index in [0.717, 1.165) is 6.42 Å². The molecule has 3 heteroatoms. The van der Waals surface area contributed by atoms with Crippen LogP contribution in [-0.4, -0.2) is 3.21 Å². The van der Waals surface area contributed by atoms with Crippen LogP contribution in [0.3, 0.4) is 0 Å². The van der Waals surface area contributed by atoms with Crippen LogP contribution in [-0.2, 0) is 27.7 Å². The van der Waals surface area contributed by atoms with Gasteiger partial charge >= 0.3 is 173 Å². The monoisotopic (exact) mass is 502 g/mol. The van der Waals surface area contributed by atoms with Crippen molar-refractivity contribution in [2.24, 2.45) is 11.8 Å². The van der Waals surface area contributed by atoms with E-state index in [-0.39, 0.29) is 24.8 Å². The molecule has 0 aliphatic heterocycles. The summed E-state index contributed by atoms with van der Waals surface area (Å²) in [5.41, 5.74) is 9.27. The van der Waals surface area contributed by atoms with Gasteiger partial charge in [0.2, 0.25) is 0 Å². The van der Waals surface area contributed by atoms with Gasteiger partial charge in [-0.25, -0.2) is 0 Å². The van der Waals surface area contributed by atoms with E-state index in [1.54, 1.807) is 23.2 Å². The minimum atomic E-state index is -2.08. The average Bonchev–Trinajstić information content (AvgIpc) is 3.15. The van der Waals surface area contributed by atoms with Crippen LogP contribution in [0.15, 0.2) is 63.0 Å². The maximum Gasteiger partial charge on any atom is -1.00 e. The quantitative estimate of drug-likeness (QED) is 0.479. The van der Waals surface area contributed by atoms with Crippen molar-refractivity contribution in [1.82, 2.24) is 0 Å². The van der Waals surface area contributed by atoms with Gasteiger partial charge in [-0.3, -0.25) is 0 Å². The molecule has 0 bridgehead atoms. The van der Waals surface area contributed by atoms with Crippen molar-refractivity contribution in [3.05, 3.63) is 74.1 Å². The molecule has 1 unspecified atom stereocenters. The molecule has 0 amide bonds. The normalized spacial score (nSPS) is 16.3. The standard InChI is InChI=1S/C13H9.C10H15.C3H6.2ClH.Zr/c1-3-7-12-10(5-1)9-11-6-2-4-8-13(11)12;1-7(2)10-6-8(3)5-9(10)4;1-3-2;;;/h1-5,7-8H,9H2;6-8H,1-4H3;1-2H3;2*1H;/q;;;;;+2/p-2. The maximum atomic E-state index is 2.55. The molecular formula is C26H30Cl2Zr. The smallest absolute Gasteiger partial charge is 1.00 e. The van der Waals surface area contributed by atoms with Gasteiger partial charge in [0.1, 0.15) is 0 Å². The number of halogens is 2. The van der Waals surface area contributed by atoms with Crippen molar-refractivity contribution in [3.8, 4) is 11.1 Å². The van der Waals surface area contributed by atoms with Gasteiger partial charge in [0.25, 0.3) is 0 Å². The first kappa shape index (κ1) is 24.5. The fraction of sp³-hybridized carbons (Fsp3) is 0.346. The summed E-state index contributed by atoms with van der Waals surface area (Å²) in [6.45, 7) is 14.3. The molecule has 2 aliphatic carbocycles. The Kier molecular flexibility index (Phi) is 8.11. The summed E-state index contributed by atoms with van der Waals surface area (Å²) in [7, 11) is 0. The summed E-state index contributed by atoms with van der Waals surface area (Å²) >= 11 is -2.08. The van der Waals surface area contributed by atoms with Gasteiger partial charge in [-0.05, 0) is 0 Å². The molecule has 4 rings (SSSR count). The van der Waals surface area contributed by atoms with Gasteiger partial charge < -0.3 is 24.8 Å². The third kappa shape index (κ3) is 4.21. The first-order valence-corrected chi connectivity index (χ1v) is 13.9. The largest absolute Gasteiger partial charge is 1.00 e. The molecule has 0 saturated heterocycles. The molecule has 0 fully saturated rings. The van der Waals surface area contributed by atoms with E-state index in [1.165, 1.54) is 16.7 Å². The molecule has 152 valence electrons. The van der Waals surface area contributed by atoms with Crippen molar-refractivity contribution in [2.75, 3.05) is 0 Å². The van der Waals surface area contributed by atoms with Crippen molar-refractivity contribution in [1.29, 1.82) is 0 Å². The fourth-order valence-electron chi connectivity index (χ4n) is 5.09. The topological polar surface area (TPSA) is 0 Å². The van der Waals surface area contributed by atoms with Crippen molar-refractivity contribution in [3.63, 3.8) is 0 Å². The fourth-order valence-corrected chi connectivity index (χ4v) is 13.0. The van der Waals surface area contributed by atoms with Crippen LogP contribution in [0.2, 0.25) is 0 Å². The summed E-state index contributed by atoms with van der Waals surface area (Å²) in [6.07, 6.45) is 3.67. The second-order valence-corrected chi connectivity index (χ2v) is 15.6. The SMILES string of the molecule is CC1=[C]([Zr+2](=[C](C)C)[c]2cccc3c2Cc2ccccc2-3)C(C)C=C1C(C)C.[Cl-].[Cl-]. The second kappa shape index (κ2) is 9.59. The Bertz CT molecular complexity index is 1020. The predicted octanol–water partition coefficient (Wildman–Crippen LogP) is 0.228. The molecule has 0 heterocycles. The Morgan fingerprint density at radius 2 is 1.62 bits per heavy atom. The van der Waals surface area contributed by atoms with Crippen molar-refractivity contribution < 1.29 is 46.1 Å². The predicted molar refractivity (Wildman–Crippen MR) is 115 cm³/mol. The van der Waals surface area contributed by atoms with E-state index in [2.05, 4.69) is 90.1 Å². The van der Waals surface area contributed by atoms with Gasteiger partial charge in [-0.1, -0.05) is 0 Å². The summed E-state index contributed by atoms with van der Waals surface area (Å²) in [6, 6.07) is 16.1. The number of allylic oxidation sites excluding steroid dienone is 4. The molecular weight excluding hydrogens is 474 g/mol. The first-order chi connectivity index (χ1) is 12.9. The third-order valence-electron chi connectivity index (χ3n) is 6.23. The molecule has 0 radical (unpaired) electrons. The average molecular weight is 505 g/mol. The summed E-state index contributed by atoms with van der Waals surface area (Å²) < 4.78 is 5.22. The number of rotatable bonds is 3. The number of hydrogen-bond donors (Lipinski definition) is 0. The number of fused-ring (bicyclic) bond motifs is 3. The van der Waals surface area contributed by atoms with Crippen LogP contribution in [0, 0.1) is 11.8 Å². The van der Waals surface area contributed by atoms with Crippen LogP contribution in [0.25, 0.3) is 11.1 Å². The zero-order valence-electron chi connectivity index (χ0n) is 18.2. The Morgan fingerprint density at radius 3 is 2.24 bits per heavy atom. The summed E-state index contributed by atoms with van der Waals surface area (Å²) in [4.78, 5) is 0. The van der Waals surface area contributed by atoms with Crippen molar-refractivity contribution in [2.45, 2.75) is 48.0 Å². The summed E-state index contributed by atoms with van der Waals surface area (Å²) in [5, 5.41) is 0. The van der Waals surface area contributed by atoms with E-state index >= 15 is 0 Å². The minimum Gasteiger partial charge on any atom is -1.00 e. The molecule has 29 heavy (non-hydrogen) atoms. The molecule has 2 aromatic carbocycles. The zero-order chi connectivity index (χ0) is 19.3. The van der Waals surface area contributed by atoms with E-state index in [9.17, 15) is 0 Å². The van der Waals surface area contributed by atoms with Crippen LogP contribution < -0.4 is 28.1 Å². The van der Waals surface area contributed by atoms with E-state index in [4.69, 9.17) is 0 Å². The number of hydrogen-bond acceptors (Lipinski definition) is 0. The van der Waals surface area contributed by atoms with Gasteiger partial charge in [0.05, 0.1) is 0 Å². The van der Waals surface area contributed by atoms with Gasteiger partial charge in [0.15, 0.2) is 0 Å². The Morgan fingerprint density at radius 1 is 0.966 bits per heavy atom. The molecule has 2 aromatic rings. The molecule has 2 aliphatic rings. The van der Waals surface area contributed by atoms with Crippen LogP contribution in [0.1, 0.15) is 52.7 Å². The molecule has 1 atom stereocenters. The zero-order valence-corrected chi connectivity index (χ0v) is 22.2. The van der Waals surface area contributed by atoms with Gasteiger partial charge in [-0.2, -0.15) is 0 Å². The minimum absolute atomic E-state index is 0. The molecule has 0 spiro atoms. The Hall–Kier alpha value is -0.747. The van der Waals surface area contributed by atoms with Gasteiger partial charge in [0, 0.05) is 0 Å². The molecule has 0 nitrogen and oxygen atoms in total. The second-order valence-electron chi connectivity index (χ2n) is 8.64. The molecule has 0 N–H and O–H groups in total. The van der Waals surface area contributed by atoms with Crippen LogP contribution in [0.4, 0.5) is 0 Å². The van der Waals surface area contributed by atoms with E-state index in [1.807, 2.05) is 3.28 Å². The van der Waals surface area contributed by atoms with Crippen LogP contribution in [0.5, 0.6) is 0 Å². The summed E-state index contributed by atoms with van der Waals surface area (Å²) in [5.74, 6) is 1.23. The van der Waals surface area contributed by atoms with Crippen LogP contribution >= 0.6 is 0 Å². The molecule has 0 aromatic heterocycles. The van der Waals surface area contributed by atoms with Crippen molar-refractivity contribution >= 4 is 6.48 Å². The third-order valence-corrected chi connectivity index (χ3v) is 14.5. The number of benzene rings is 2. The van der Waals surface area contributed by atoms with E-state index < -0.39 is 21.3 Å².